The standard InChI is InChI=1S/C12H16N2O2/c1-8-4-5-9(14(15)16)6-10(8)13-11-7-12(11,2)3/h4-6,11,13H,7H2,1-3H3. The molecule has 1 aromatic carbocycles. The van der Waals surface area contributed by atoms with E-state index < -0.39 is 0 Å². The molecule has 0 radical (unpaired) electrons. The van der Waals surface area contributed by atoms with E-state index >= 15 is 0 Å². The zero-order valence-corrected chi connectivity index (χ0v) is 9.78. The highest BCUT2D eigenvalue weighted by molar-refractivity contribution is 5.58. The Morgan fingerprint density at radius 3 is 2.62 bits per heavy atom. The Balaban J connectivity index is 2.20. The minimum absolute atomic E-state index is 0.145. The van der Waals surface area contributed by atoms with Gasteiger partial charge in [0.15, 0.2) is 0 Å². The normalized spacial score (nSPS) is 21.6. The Hall–Kier alpha value is -1.58. The molecule has 1 saturated carbocycles. The summed E-state index contributed by atoms with van der Waals surface area (Å²) < 4.78 is 0. The van der Waals surface area contributed by atoms with Gasteiger partial charge in [-0.1, -0.05) is 19.9 Å². The highest BCUT2D eigenvalue weighted by Crippen LogP contribution is 2.47. The van der Waals surface area contributed by atoms with Crippen molar-refractivity contribution in [3.05, 3.63) is 33.9 Å². The molecule has 0 aromatic heterocycles. The molecule has 1 atom stereocenters. The number of nitro groups is 1. The Morgan fingerprint density at radius 1 is 1.50 bits per heavy atom. The summed E-state index contributed by atoms with van der Waals surface area (Å²) in [5.41, 5.74) is 2.39. The van der Waals surface area contributed by atoms with Crippen LogP contribution in [-0.2, 0) is 0 Å². The molecule has 0 heterocycles. The second kappa shape index (κ2) is 3.47. The van der Waals surface area contributed by atoms with Gasteiger partial charge in [-0.05, 0) is 24.3 Å². The fourth-order valence-electron chi connectivity index (χ4n) is 1.78. The summed E-state index contributed by atoms with van der Waals surface area (Å²) in [6, 6.07) is 5.38. The lowest BCUT2D eigenvalue weighted by Crippen LogP contribution is -2.09. The van der Waals surface area contributed by atoms with Crippen LogP contribution in [0.4, 0.5) is 11.4 Å². The largest absolute Gasteiger partial charge is 0.381 e. The van der Waals surface area contributed by atoms with E-state index in [9.17, 15) is 10.1 Å². The number of nitrogens with zero attached hydrogens (tertiary/aromatic N) is 1. The van der Waals surface area contributed by atoms with Crippen LogP contribution in [0.5, 0.6) is 0 Å². The first-order chi connectivity index (χ1) is 7.40. The molecule has 1 unspecified atom stereocenters. The van der Waals surface area contributed by atoms with E-state index in [0.29, 0.717) is 11.5 Å². The SMILES string of the molecule is Cc1ccc([N+](=O)[O-])cc1NC1CC1(C)C. The monoisotopic (exact) mass is 220 g/mol. The summed E-state index contributed by atoms with van der Waals surface area (Å²) in [7, 11) is 0. The quantitative estimate of drug-likeness (QED) is 0.629. The molecule has 0 saturated heterocycles. The first kappa shape index (κ1) is 10.9. The zero-order valence-electron chi connectivity index (χ0n) is 9.78. The van der Waals surface area contributed by atoms with Gasteiger partial charge in [-0.25, -0.2) is 0 Å². The molecule has 1 aliphatic carbocycles. The van der Waals surface area contributed by atoms with Crippen LogP contribution >= 0.6 is 0 Å². The van der Waals surface area contributed by atoms with Gasteiger partial charge in [0.25, 0.3) is 5.69 Å². The summed E-state index contributed by atoms with van der Waals surface area (Å²) in [5, 5.41) is 14.0. The Kier molecular flexibility index (Phi) is 2.37. The van der Waals surface area contributed by atoms with E-state index in [2.05, 4.69) is 19.2 Å². The molecule has 2 rings (SSSR count). The first-order valence-corrected chi connectivity index (χ1v) is 5.42. The average Bonchev–Trinajstić information content (AvgIpc) is 2.77. The van der Waals surface area contributed by atoms with Crippen molar-refractivity contribution in [2.75, 3.05) is 5.32 Å². The van der Waals surface area contributed by atoms with Crippen LogP contribution in [0.2, 0.25) is 0 Å². The molecule has 1 aromatic rings. The summed E-state index contributed by atoms with van der Waals surface area (Å²) in [6.07, 6.45) is 1.12. The number of nitro benzene ring substituents is 1. The third-order valence-corrected chi connectivity index (χ3v) is 3.28. The summed E-state index contributed by atoms with van der Waals surface area (Å²) in [5.74, 6) is 0. The highest BCUT2D eigenvalue weighted by atomic mass is 16.6. The maximum Gasteiger partial charge on any atom is 0.271 e. The van der Waals surface area contributed by atoms with Crippen LogP contribution in [0.1, 0.15) is 25.8 Å². The Morgan fingerprint density at radius 2 is 2.12 bits per heavy atom. The predicted octanol–water partition coefficient (Wildman–Crippen LogP) is 3.11. The maximum absolute atomic E-state index is 10.7. The van der Waals surface area contributed by atoms with Crippen LogP contribution in [0.15, 0.2) is 18.2 Å². The van der Waals surface area contributed by atoms with Gasteiger partial charge in [-0.15, -0.1) is 0 Å². The molecule has 4 heteroatoms. The van der Waals surface area contributed by atoms with E-state index in [4.69, 9.17) is 0 Å². The number of hydrogen-bond donors (Lipinski definition) is 1. The fraction of sp³-hybridized carbons (Fsp3) is 0.500. The van der Waals surface area contributed by atoms with E-state index in [-0.39, 0.29) is 10.6 Å². The van der Waals surface area contributed by atoms with Crippen molar-refractivity contribution < 1.29 is 4.92 Å². The smallest absolute Gasteiger partial charge is 0.271 e. The minimum atomic E-state index is -0.358. The van der Waals surface area contributed by atoms with E-state index in [1.54, 1.807) is 18.2 Å². The third kappa shape index (κ3) is 2.01. The fourth-order valence-corrected chi connectivity index (χ4v) is 1.78. The van der Waals surface area contributed by atoms with Gasteiger partial charge in [0.2, 0.25) is 0 Å². The number of rotatable bonds is 3. The lowest BCUT2D eigenvalue weighted by Gasteiger charge is -2.10. The topological polar surface area (TPSA) is 55.2 Å². The Bertz CT molecular complexity index is 441. The van der Waals surface area contributed by atoms with Gasteiger partial charge in [-0.2, -0.15) is 0 Å². The lowest BCUT2D eigenvalue weighted by molar-refractivity contribution is -0.384. The average molecular weight is 220 g/mol. The van der Waals surface area contributed by atoms with Gasteiger partial charge in [-0.3, -0.25) is 10.1 Å². The number of aryl methyl sites for hydroxylation is 1. The van der Waals surface area contributed by atoms with E-state index in [1.165, 1.54) is 0 Å². The summed E-state index contributed by atoms with van der Waals surface area (Å²) in [4.78, 5) is 10.3. The number of nitrogens with one attached hydrogen (secondary N) is 1. The van der Waals surface area contributed by atoms with Gasteiger partial charge in [0, 0.05) is 23.9 Å². The van der Waals surface area contributed by atoms with Crippen molar-refractivity contribution in [1.29, 1.82) is 0 Å². The molecular formula is C12H16N2O2. The molecule has 0 aliphatic heterocycles. The van der Waals surface area contributed by atoms with E-state index in [0.717, 1.165) is 17.7 Å². The molecule has 4 nitrogen and oxygen atoms in total. The summed E-state index contributed by atoms with van der Waals surface area (Å²) in [6.45, 7) is 6.34. The summed E-state index contributed by atoms with van der Waals surface area (Å²) >= 11 is 0. The Labute approximate surface area is 94.8 Å². The third-order valence-electron chi connectivity index (χ3n) is 3.28. The molecule has 1 aliphatic rings. The lowest BCUT2D eigenvalue weighted by atomic mass is 10.1. The molecule has 1 fully saturated rings. The predicted molar refractivity (Wildman–Crippen MR) is 63.6 cm³/mol. The number of benzene rings is 1. The number of hydrogen-bond acceptors (Lipinski definition) is 3. The molecular weight excluding hydrogens is 204 g/mol. The molecule has 0 spiro atoms. The second-order valence-electron chi connectivity index (χ2n) is 5.15. The van der Waals surface area contributed by atoms with Crippen molar-refractivity contribution in [1.82, 2.24) is 0 Å². The van der Waals surface area contributed by atoms with Crippen LogP contribution in [0.25, 0.3) is 0 Å². The van der Waals surface area contributed by atoms with Crippen molar-refractivity contribution in [3.63, 3.8) is 0 Å². The van der Waals surface area contributed by atoms with Gasteiger partial charge in [0.1, 0.15) is 0 Å². The van der Waals surface area contributed by atoms with Gasteiger partial charge < -0.3 is 5.32 Å². The van der Waals surface area contributed by atoms with Crippen molar-refractivity contribution in [2.24, 2.45) is 5.41 Å². The van der Waals surface area contributed by atoms with Gasteiger partial charge in [0.05, 0.1) is 4.92 Å². The van der Waals surface area contributed by atoms with Crippen molar-refractivity contribution >= 4 is 11.4 Å². The molecule has 86 valence electrons. The van der Waals surface area contributed by atoms with Crippen molar-refractivity contribution in [3.8, 4) is 0 Å². The number of non-ortho nitro benzene ring substituents is 1. The van der Waals surface area contributed by atoms with Crippen LogP contribution in [-0.4, -0.2) is 11.0 Å². The molecule has 1 N–H and O–H groups in total. The molecule has 0 amide bonds. The van der Waals surface area contributed by atoms with E-state index in [1.807, 2.05) is 6.92 Å². The zero-order chi connectivity index (χ0) is 11.9. The second-order valence-corrected chi connectivity index (χ2v) is 5.15. The van der Waals surface area contributed by atoms with Crippen molar-refractivity contribution in [2.45, 2.75) is 33.2 Å². The number of anilines is 1. The van der Waals surface area contributed by atoms with Crippen LogP contribution in [0.3, 0.4) is 0 Å². The molecule has 16 heavy (non-hydrogen) atoms. The first-order valence-electron chi connectivity index (χ1n) is 5.42. The molecule has 0 bridgehead atoms. The maximum atomic E-state index is 10.7. The van der Waals surface area contributed by atoms with Gasteiger partial charge >= 0.3 is 0 Å². The minimum Gasteiger partial charge on any atom is -0.381 e. The van der Waals surface area contributed by atoms with Crippen LogP contribution < -0.4 is 5.32 Å². The highest BCUT2D eigenvalue weighted by Gasteiger charge is 2.45. The van der Waals surface area contributed by atoms with Crippen LogP contribution in [0, 0.1) is 22.5 Å².